The van der Waals surface area contributed by atoms with Crippen molar-refractivity contribution in [2.75, 3.05) is 0 Å². The van der Waals surface area contributed by atoms with E-state index in [1.54, 1.807) is 0 Å². The van der Waals surface area contributed by atoms with Gasteiger partial charge in [-0.05, 0) is 12.8 Å². The molecule has 1 aliphatic carbocycles. The Kier molecular flexibility index (Phi) is 1.38. The second kappa shape index (κ2) is 1.99. The third-order valence-corrected chi connectivity index (χ3v) is 3.42. The van der Waals surface area contributed by atoms with Gasteiger partial charge in [0.25, 0.3) is 0 Å². The Bertz CT molecular complexity index is 176. The lowest BCUT2D eigenvalue weighted by Crippen LogP contribution is -2.08. The van der Waals surface area contributed by atoms with E-state index in [2.05, 4.69) is 31.9 Å². The molecule has 1 nitrogen and oxygen atoms in total. The van der Waals surface area contributed by atoms with Gasteiger partial charge in [0.05, 0.1) is 4.83 Å². The van der Waals surface area contributed by atoms with Gasteiger partial charge in [-0.1, -0.05) is 31.9 Å². The van der Waals surface area contributed by atoms with Gasteiger partial charge in [0.2, 0.25) is 0 Å². The van der Waals surface area contributed by atoms with Crippen LogP contribution >= 0.6 is 31.9 Å². The number of alkyl halides is 1. The van der Waals surface area contributed by atoms with Crippen LogP contribution in [0.1, 0.15) is 12.8 Å². The van der Waals surface area contributed by atoms with E-state index >= 15 is 0 Å². The molecule has 3 heteroatoms. The molecule has 1 aliphatic heterocycles. The number of hydrogen-bond donors (Lipinski definition) is 0. The third-order valence-electron chi connectivity index (χ3n) is 1.69. The van der Waals surface area contributed by atoms with Gasteiger partial charge >= 0.3 is 0 Å². The summed E-state index contributed by atoms with van der Waals surface area (Å²) in [5.74, 6) is 1.17. The van der Waals surface area contributed by atoms with Gasteiger partial charge in [-0.3, -0.25) is 0 Å². The first-order valence-electron chi connectivity index (χ1n) is 2.98. The number of allylic oxidation sites excluding steroid dienone is 1. The lowest BCUT2D eigenvalue weighted by Gasteiger charge is -2.06. The van der Waals surface area contributed by atoms with E-state index in [1.165, 1.54) is 16.7 Å². The molecule has 0 aromatic rings. The normalized spacial score (nSPS) is 39.8. The maximum atomic E-state index is 5.29. The molecule has 0 radical (unpaired) electrons. The number of epoxide rings is 1. The van der Waals surface area contributed by atoms with Crippen molar-refractivity contribution >= 4 is 31.9 Å². The summed E-state index contributed by atoms with van der Waals surface area (Å²) >= 11 is 7.00. The van der Waals surface area contributed by atoms with E-state index in [1.807, 2.05) is 0 Å². The molecule has 2 aliphatic rings. The van der Waals surface area contributed by atoms with E-state index in [0.29, 0.717) is 10.9 Å². The van der Waals surface area contributed by atoms with Gasteiger partial charge < -0.3 is 4.74 Å². The van der Waals surface area contributed by atoms with E-state index < -0.39 is 0 Å². The van der Waals surface area contributed by atoms with Crippen molar-refractivity contribution < 1.29 is 4.74 Å². The van der Waals surface area contributed by atoms with Crippen LogP contribution in [0.3, 0.4) is 0 Å². The smallest absolute Gasteiger partial charge is 0.168 e. The van der Waals surface area contributed by atoms with Crippen LogP contribution in [0.5, 0.6) is 0 Å². The van der Waals surface area contributed by atoms with Crippen LogP contribution < -0.4 is 0 Å². The van der Waals surface area contributed by atoms with Gasteiger partial charge in [-0.25, -0.2) is 0 Å². The number of halogens is 2. The summed E-state index contributed by atoms with van der Waals surface area (Å²) in [6, 6.07) is 0. The highest BCUT2D eigenvalue weighted by molar-refractivity contribution is 9.11. The monoisotopic (exact) mass is 252 g/mol. The molecule has 1 heterocycles. The fourth-order valence-corrected chi connectivity index (χ4v) is 2.22. The van der Waals surface area contributed by atoms with Crippen molar-refractivity contribution in [2.24, 2.45) is 0 Å². The van der Waals surface area contributed by atoms with Crippen LogP contribution in [0.2, 0.25) is 0 Å². The molecule has 0 bridgehead atoms. The summed E-state index contributed by atoms with van der Waals surface area (Å²) in [5.41, 5.74) is 0. The standard InChI is InChI=1S/C6H6Br2O/c7-3-1-2-4(8)6-5(3)9-6/h3,5H,1-2H2. The van der Waals surface area contributed by atoms with Crippen molar-refractivity contribution in [3.05, 3.63) is 10.2 Å². The van der Waals surface area contributed by atoms with Gasteiger partial charge in [-0.2, -0.15) is 0 Å². The van der Waals surface area contributed by atoms with Gasteiger partial charge in [-0.15, -0.1) is 0 Å². The van der Waals surface area contributed by atoms with Gasteiger partial charge in [0.15, 0.2) is 6.10 Å². The third kappa shape index (κ3) is 0.944. The van der Waals surface area contributed by atoms with Crippen LogP contribution in [0.4, 0.5) is 0 Å². The Balaban J connectivity index is 2.22. The second-order valence-electron chi connectivity index (χ2n) is 2.36. The number of hydrogen-bond acceptors (Lipinski definition) is 1. The summed E-state index contributed by atoms with van der Waals surface area (Å²) in [6.45, 7) is 0. The predicted octanol–water partition coefficient (Wildman–Crippen LogP) is 2.55. The fraction of sp³-hybridized carbons (Fsp3) is 0.667. The zero-order chi connectivity index (χ0) is 6.43. The van der Waals surface area contributed by atoms with Crippen molar-refractivity contribution in [1.82, 2.24) is 0 Å². The minimum Gasteiger partial charge on any atom is -0.481 e. The molecule has 0 aromatic carbocycles. The highest BCUT2D eigenvalue weighted by atomic mass is 79.9. The second-order valence-corrected chi connectivity index (χ2v) is 4.50. The van der Waals surface area contributed by atoms with E-state index in [9.17, 15) is 0 Å². The molecule has 50 valence electrons. The maximum Gasteiger partial charge on any atom is 0.168 e. The largest absolute Gasteiger partial charge is 0.481 e. The average Bonchev–Trinajstić information content (AvgIpc) is 2.57. The van der Waals surface area contributed by atoms with Gasteiger partial charge in [0.1, 0.15) is 5.76 Å². The summed E-state index contributed by atoms with van der Waals surface area (Å²) in [7, 11) is 0. The molecule has 0 spiro atoms. The molecule has 0 saturated carbocycles. The van der Waals surface area contributed by atoms with Crippen LogP contribution in [0.15, 0.2) is 10.2 Å². The zero-order valence-electron chi connectivity index (χ0n) is 4.73. The molecule has 1 saturated heterocycles. The molecule has 1 fully saturated rings. The Labute approximate surface area is 70.7 Å². The Morgan fingerprint density at radius 3 is 3.00 bits per heavy atom. The molecule has 0 aromatic heterocycles. The maximum absolute atomic E-state index is 5.29. The lowest BCUT2D eigenvalue weighted by atomic mass is 10.1. The number of rotatable bonds is 0. The Hall–Kier alpha value is 0.500. The van der Waals surface area contributed by atoms with Gasteiger partial charge in [0, 0.05) is 4.48 Å². The summed E-state index contributed by atoms with van der Waals surface area (Å²) < 4.78 is 6.56. The SMILES string of the molecule is BrC1=C2OC2C(Br)CC1. The minimum atomic E-state index is 0.396. The summed E-state index contributed by atoms with van der Waals surface area (Å²) in [6.07, 6.45) is 2.71. The molecule has 9 heavy (non-hydrogen) atoms. The molecular weight excluding hydrogens is 248 g/mol. The van der Waals surface area contributed by atoms with Crippen molar-refractivity contribution in [3.63, 3.8) is 0 Å². The van der Waals surface area contributed by atoms with E-state index in [4.69, 9.17) is 4.74 Å². The average molecular weight is 254 g/mol. The topological polar surface area (TPSA) is 12.5 Å². The molecule has 2 rings (SSSR count). The summed E-state index contributed by atoms with van der Waals surface area (Å²) in [5, 5.41) is 0. The molecule has 0 amide bonds. The Morgan fingerprint density at radius 1 is 1.56 bits per heavy atom. The fourth-order valence-electron chi connectivity index (χ4n) is 1.10. The van der Waals surface area contributed by atoms with Crippen molar-refractivity contribution in [3.8, 4) is 0 Å². The van der Waals surface area contributed by atoms with Crippen LogP contribution in [-0.2, 0) is 4.74 Å². The Morgan fingerprint density at radius 2 is 2.33 bits per heavy atom. The first-order valence-corrected chi connectivity index (χ1v) is 4.69. The molecule has 0 N–H and O–H groups in total. The lowest BCUT2D eigenvalue weighted by molar-refractivity contribution is 0.422. The first kappa shape index (κ1) is 6.23. The molecule has 2 atom stereocenters. The van der Waals surface area contributed by atoms with E-state index in [0.717, 1.165) is 6.42 Å². The quantitative estimate of drug-likeness (QED) is 0.478. The number of ether oxygens (including phenoxy) is 1. The molecular formula is C6H6Br2O. The molecule has 2 unspecified atom stereocenters. The first-order chi connectivity index (χ1) is 4.29. The van der Waals surface area contributed by atoms with Crippen molar-refractivity contribution in [1.29, 1.82) is 0 Å². The van der Waals surface area contributed by atoms with Crippen LogP contribution in [-0.4, -0.2) is 10.9 Å². The highest BCUT2D eigenvalue weighted by Gasteiger charge is 2.44. The zero-order valence-corrected chi connectivity index (χ0v) is 7.91. The van der Waals surface area contributed by atoms with Crippen molar-refractivity contribution in [2.45, 2.75) is 23.8 Å². The minimum absolute atomic E-state index is 0.396. The van der Waals surface area contributed by atoms with Crippen LogP contribution in [0.25, 0.3) is 0 Å². The van der Waals surface area contributed by atoms with Crippen LogP contribution in [0, 0.1) is 0 Å². The highest BCUT2D eigenvalue weighted by Crippen LogP contribution is 2.45. The van der Waals surface area contributed by atoms with E-state index in [-0.39, 0.29) is 0 Å². The summed E-state index contributed by atoms with van der Waals surface area (Å²) in [4.78, 5) is 0.564. The number of fused-ring (bicyclic) bond motifs is 1. The predicted molar refractivity (Wildman–Crippen MR) is 42.8 cm³/mol.